The number of halogens is 2. The molecule has 0 aliphatic heterocycles. The fraction of sp³-hybridized carbons (Fsp3) is 0.286. The zero-order valence-corrected chi connectivity index (χ0v) is 10.9. The molecule has 0 saturated carbocycles. The van der Waals surface area contributed by atoms with Gasteiger partial charge in [0.2, 0.25) is 0 Å². The Labute approximate surface area is 111 Å². The predicted molar refractivity (Wildman–Crippen MR) is 71.8 cm³/mol. The summed E-state index contributed by atoms with van der Waals surface area (Å²) >= 11 is 11.9. The summed E-state index contributed by atoms with van der Waals surface area (Å²) in [5.41, 5.74) is 2.47. The van der Waals surface area contributed by atoms with Crippen molar-refractivity contribution >= 4 is 23.2 Å². The second-order valence-corrected chi connectivity index (χ2v) is 4.93. The third kappa shape index (κ3) is 3.79. The maximum absolute atomic E-state index is 6.01. The SMILES string of the molecule is ClCC(Cc1ccc(Cl)cc1)Cc1ccoc1. The topological polar surface area (TPSA) is 13.1 Å². The highest BCUT2D eigenvalue weighted by molar-refractivity contribution is 6.30. The second kappa shape index (κ2) is 6.13. The Kier molecular flexibility index (Phi) is 4.52. The van der Waals surface area contributed by atoms with Gasteiger partial charge in [0.15, 0.2) is 0 Å². The average Bonchev–Trinajstić information content (AvgIpc) is 2.84. The second-order valence-electron chi connectivity index (χ2n) is 4.19. The highest BCUT2D eigenvalue weighted by Crippen LogP contribution is 2.18. The van der Waals surface area contributed by atoms with E-state index in [0.29, 0.717) is 11.8 Å². The Bertz CT molecular complexity index is 434. The highest BCUT2D eigenvalue weighted by atomic mass is 35.5. The van der Waals surface area contributed by atoms with Gasteiger partial charge in [0, 0.05) is 10.9 Å². The summed E-state index contributed by atoms with van der Waals surface area (Å²) in [4.78, 5) is 0. The molecule has 90 valence electrons. The van der Waals surface area contributed by atoms with Crippen LogP contribution in [0.15, 0.2) is 47.3 Å². The molecule has 0 aliphatic carbocycles. The molecule has 1 heterocycles. The lowest BCUT2D eigenvalue weighted by Crippen LogP contribution is -2.09. The molecule has 1 nitrogen and oxygen atoms in total. The average molecular weight is 269 g/mol. The van der Waals surface area contributed by atoms with Crippen LogP contribution in [0.3, 0.4) is 0 Å². The van der Waals surface area contributed by atoms with Gasteiger partial charge in [0.05, 0.1) is 12.5 Å². The molecule has 0 bridgehead atoms. The molecule has 2 rings (SSSR count). The van der Waals surface area contributed by atoms with Gasteiger partial charge in [-0.25, -0.2) is 0 Å². The van der Waals surface area contributed by atoms with E-state index in [2.05, 4.69) is 12.1 Å². The van der Waals surface area contributed by atoms with E-state index in [1.165, 1.54) is 11.1 Å². The molecule has 3 heteroatoms. The number of hydrogen-bond donors (Lipinski definition) is 0. The smallest absolute Gasteiger partial charge is 0.0934 e. The number of hydrogen-bond acceptors (Lipinski definition) is 1. The lowest BCUT2D eigenvalue weighted by molar-refractivity contribution is 0.548. The van der Waals surface area contributed by atoms with Gasteiger partial charge in [-0.2, -0.15) is 0 Å². The van der Waals surface area contributed by atoms with Crippen LogP contribution in [-0.2, 0) is 12.8 Å². The van der Waals surface area contributed by atoms with E-state index in [0.717, 1.165) is 17.9 Å². The maximum Gasteiger partial charge on any atom is 0.0934 e. The lowest BCUT2D eigenvalue weighted by Gasteiger charge is -2.12. The van der Waals surface area contributed by atoms with Crippen LogP contribution >= 0.6 is 23.2 Å². The van der Waals surface area contributed by atoms with Gasteiger partial charge in [0.25, 0.3) is 0 Å². The lowest BCUT2D eigenvalue weighted by atomic mass is 9.95. The van der Waals surface area contributed by atoms with Crippen LogP contribution in [0.2, 0.25) is 5.02 Å². The standard InChI is InChI=1S/C14H14Cl2O/c15-9-13(8-12-5-6-17-10-12)7-11-1-3-14(16)4-2-11/h1-6,10,13H,7-9H2. The number of benzene rings is 1. The third-order valence-corrected chi connectivity index (χ3v) is 3.45. The van der Waals surface area contributed by atoms with E-state index in [1.807, 2.05) is 18.2 Å². The number of alkyl halides is 1. The third-order valence-electron chi connectivity index (χ3n) is 2.76. The van der Waals surface area contributed by atoms with Crippen molar-refractivity contribution in [3.63, 3.8) is 0 Å². The molecule has 1 aromatic heterocycles. The van der Waals surface area contributed by atoms with Gasteiger partial charge >= 0.3 is 0 Å². The summed E-state index contributed by atoms with van der Waals surface area (Å²) in [5.74, 6) is 1.07. The van der Waals surface area contributed by atoms with Gasteiger partial charge in [-0.05, 0) is 48.1 Å². The van der Waals surface area contributed by atoms with Crippen molar-refractivity contribution in [2.75, 3.05) is 5.88 Å². The first kappa shape index (κ1) is 12.5. The zero-order valence-electron chi connectivity index (χ0n) is 9.40. The Balaban J connectivity index is 1.97. The van der Waals surface area contributed by atoms with Crippen LogP contribution in [0.1, 0.15) is 11.1 Å². The van der Waals surface area contributed by atoms with Crippen molar-refractivity contribution in [2.45, 2.75) is 12.8 Å². The van der Waals surface area contributed by atoms with E-state index >= 15 is 0 Å². The van der Waals surface area contributed by atoms with E-state index in [4.69, 9.17) is 27.6 Å². The van der Waals surface area contributed by atoms with Crippen LogP contribution in [-0.4, -0.2) is 5.88 Å². The summed E-state index contributed by atoms with van der Waals surface area (Å²) in [6, 6.07) is 9.93. The van der Waals surface area contributed by atoms with Gasteiger partial charge in [-0.3, -0.25) is 0 Å². The maximum atomic E-state index is 6.01. The molecule has 0 radical (unpaired) electrons. The fourth-order valence-electron chi connectivity index (χ4n) is 1.88. The molecule has 17 heavy (non-hydrogen) atoms. The number of rotatable bonds is 5. The summed E-state index contributed by atoms with van der Waals surface area (Å²) in [6.45, 7) is 0. The highest BCUT2D eigenvalue weighted by Gasteiger charge is 2.10. The first-order valence-electron chi connectivity index (χ1n) is 5.59. The molecule has 0 spiro atoms. The largest absolute Gasteiger partial charge is 0.472 e. The summed E-state index contributed by atoms with van der Waals surface area (Å²) < 4.78 is 5.07. The minimum absolute atomic E-state index is 0.426. The molecule has 0 fully saturated rings. The van der Waals surface area contributed by atoms with Crippen molar-refractivity contribution in [3.05, 3.63) is 59.0 Å². The van der Waals surface area contributed by atoms with Crippen molar-refractivity contribution in [1.82, 2.24) is 0 Å². The molecular formula is C14H14Cl2O. The van der Waals surface area contributed by atoms with Gasteiger partial charge in [0.1, 0.15) is 0 Å². The first-order valence-corrected chi connectivity index (χ1v) is 6.50. The quantitative estimate of drug-likeness (QED) is 0.724. The van der Waals surface area contributed by atoms with Crippen molar-refractivity contribution in [2.24, 2.45) is 5.92 Å². The molecule has 0 N–H and O–H groups in total. The van der Waals surface area contributed by atoms with Gasteiger partial charge < -0.3 is 4.42 Å². The monoisotopic (exact) mass is 268 g/mol. The summed E-state index contributed by atoms with van der Waals surface area (Å²) in [7, 11) is 0. The van der Waals surface area contributed by atoms with Crippen LogP contribution in [0, 0.1) is 5.92 Å². The fourth-order valence-corrected chi connectivity index (χ4v) is 2.22. The molecule has 1 unspecified atom stereocenters. The Morgan fingerprint density at radius 1 is 1.00 bits per heavy atom. The Morgan fingerprint density at radius 2 is 1.71 bits per heavy atom. The predicted octanol–water partition coefficient (Wildman–Crippen LogP) is 4.57. The van der Waals surface area contributed by atoms with E-state index in [-0.39, 0.29) is 0 Å². The minimum Gasteiger partial charge on any atom is -0.472 e. The molecule has 2 aromatic rings. The van der Waals surface area contributed by atoms with E-state index < -0.39 is 0 Å². The summed E-state index contributed by atoms with van der Waals surface area (Å²) in [6.07, 6.45) is 5.39. The van der Waals surface area contributed by atoms with E-state index in [9.17, 15) is 0 Å². The zero-order chi connectivity index (χ0) is 12.1. The van der Waals surface area contributed by atoms with Crippen LogP contribution in [0.4, 0.5) is 0 Å². The first-order chi connectivity index (χ1) is 8.28. The Morgan fingerprint density at radius 3 is 2.29 bits per heavy atom. The molecule has 0 amide bonds. The molecule has 0 aliphatic rings. The van der Waals surface area contributed by atoms with Crippen molar-refractivity contribution in [3.8, 4) is 0 Å². The van der Waals surface area contributed by atoms with Crippen molar-refractivity contribution < 1.29 is 4.42 Å². The van der Waals surface area contributed by atoms with Gasteiger partial charge in [-0.15, -0.1) is 11.6 Å². The minimum atomic E-state index is 0.426. The Hall–Kier alpha value is -0.920. The molecule has 0 saturated heterocycles. The number of furan rings is 1. The normalized spacial score (nSPS) is 12.6. The van der Waals surface area contributed by atoms with E-state index in [1.54, 1.807) is 12.5 Å². The molecular weight excluding hydrogens is 255 g/mol. The van der Waals surface area contributed by atoms with Crippen LogP contribution in [0.25, 0.3) is 0 Å². The summed E-state index contributed by atoms with van der Waals surface area (Å²) in [5, 5.41) is 0.769. The van der Waals surface area contributed by atoms with Crippen LogP contribution < -0.4 is 0 Å². The van der Waals surface area contributed by atoms with Crippen LogP contribution in [0.5, 0.6) is 0 Å². The molecule has 1 aromatic carbocycles. The molecule has 1 atom stereocenters. The van der Waals surface area contributed by atoms with Crippen molar-refractivity contribution in [1.29, 1.82) is 0 Å². The van der Waals surface area contributed by atoms with Gasteiger partial charge in [-0.1, -0.05) is 23.7 Å².